The van der Waals surface area contributed by atoms with Crippen molar-refractivity contribution in [1.29, 1.82) is 5.26 Å². The maximum atomic E-state index is 12.0. The maximum Gasteiger partial charge on any atom is 0.350 e. The molecule has 0 aliphatic heterocycles. The molecule has 0 bridgehead atoms. The van der Waals surface area contributed by atoms with E-state index in [0.717, 1.165) is 0 Å². The standard InChI is InChI=1S/C18H17N3O4/c1-2-24-18(23)14(10-19)11-20-15-7-5-13(6-8-15)17(22)21-12-16-4-3-9-25-16/h3-9,11,20H,2,12H2,1H3,(H,21,22)/b14-11-. The van der Waals surface area contributed by atoms with Crippen LogP contribution in [-0.4, -0.2) is 18.5 Å². The van der Waals surface area contributed by atoms with Crippen LogP contribution in [0.15, 0.2) is 58.9 Å². The normalized spacial score (nSPS) is 10.6. The van der Waals surface area contributed by atoms with Gasteiger partial charge in [-0.3, -0.25) is 4.79 Å². The lowest BCUT2D eigenvalue weighted by Crippen LogP contribution is -2.22. The summed E-state index contributed by atoms with van der Waals surface area (Å²) < 4.78 is 9.91. The second-order valence-corrected chi connectivity index (χ2v) is 4.87. The van der Waals surface area contributed by atoms with Crippen molar-refractivity contribution < 1.29 is 18.7 Å². The first-order valence-electron chi connectivity index (χ1n) is 7.58. The van der Waals surface area contributed by atoms with Crippen molar-refractivity contribution in [2.45, 2.75) is 13.5 Å². The molecule has 0 saturated carbocycles. The number of anilines is 1. The molecule has 1 amide bonds. The lowest BCUT2D eigenvalue weighted by atomic mass is 10.2. The number of nitriles is 1. The SMILES string of the molecule is CCOC(=O)/C(C#N)=C\Nc1ccc(C(=O)NCc2ccco2)cc1. The number of benzene rings is 1. The molecule has 1 aromatic heterocycles. The Morgan fingerprint density at radius 2 is 2.04 bits per heavy atom. The maximum absolute atomic E-state index is 12.0. The van der Waals surface area contributed by atoms with Gasteiger partial charge in [0.05, 0.1) is 19.4 Å². The Labute approximate surface area is 144 Å². The molecular formula is C18H17N3O4. The monoisotopic (exact) mass is 339 g/mol. The number of amides is 1. The smallest absolute Gasteiger partial charge is 0.350 e. The van der Waals surface area contributed by atoms with E-state index in [0.29, 0.717) is 23.6 Å². The number of hydrogen-bond acceptors (Lipinski definition) is 6. The van der Waals surface area contributed by atoms with Crippen LogP contribution in [0.5, 0.6) is 0 Å². The average molecular weight is 339 g/mol. The molecule has 0 saturated heterocycles. The summed E-state index contributed by atoms with van der Waals surface area (Å²) in [6, 6.07) is 11.9. The van der Waals surface area contributed by atoms with Crippen LogP contribution in [0.25, 0.3) is 0 Å². The lowest BCUT2D eigenvalue weighted by Gasteiger charge is -2.06. The van der Waals surface area contributed by atoms with Gasteiger partial charge in [0.2, 0.25) is 0 Å². The van der Waals surface area contributed by atoms with Gasteiger partial charge in [0, 0.05) is 17.5 Å². The number of ether oxygens (including phenoxy) is 1. The fraction of sp³-hybridized carbons (Fsp3) is 0.167. The number of carbonyl (C=O) groups excluding carboxylic acids is 2. The summed E-state index contributed by atoms with van der Waals surface area (Å²) in [6.07, 6.45) is 2.81. The second-order valence-electron chi connectivity index (χ2n) is 4.87. The summed E-state index contributed by atoms with van der Waals surface area (Å²) in [7, 11) is 0. The molecule has 25 heavy (non-hydrogen) atoms. The van der Waals surface area contributed by atoms with Crippen LogP contribution in [0.4, 0.5) is 5.69 Å². The highest BCUT2D eigenvalue weighted by molar-refractivity contribution is 5.94. The summed E-state index contributed by atoms with van der Waals surface area (Å²) in [6.45, 7) is 2.16. The number of rotatable bonds is 7. The van der Waals surface area contributed by atoms with Crippen molar-refractivity contribution >= 4 is 17.6 Å². The highest BCUT2D eigenvalue weighted by Gasteiger charge is 2.09. The minimum Gasteiger partial charge on any atom is -0.467 e. The molecule has 1 heterocycles. The first-order chi connectivity index (χ1) is 12.1. The van der Waals surface area contributed by atoms with E-state index in [4.69, 9.17) is 14.4 Å². The summed E-state index contributed by atoms with van der Waals surface area (Å²) in [4.78, 5) is 23.5. The van der Waals surface area contributed by atoms with Gasteiger partial charge >= 0.3 is 5.97 Å². The predicted molar refractivity (Wildman–Crippen MR) is 90.3 cm³/mol. The van der Waals surface area contributed by atoms with E-state index in [1.807, 2.05) is 0 Å². The minimum atomic E-state index is -0.688. The third kappa shape index (κ3) is 5.25. The predicted octanol–water partition coefficient (Wildman–Crippen LogP) is 2.59. The minimum absolute atomic E-state index is 0.137. The van der Waals surface area contributed by atoms with Crippen molar-refractivity contribution in [3.63, 3.8) is 0 Å². The van der Waals surface area contributed by atoms with Crippen molar-refractivity contribution in [1.82, 2.24) is 5.32 Å². The van der Waals surface area contributed by atoms with Crippen molar-refractivity contribution in [3.8, 4) is 6.07 Å². The quantitative estimate of drug-likeness (QED) is 0.456. The molecule has 2 aromatic rings. The topological polar surface area (TPSA) is 104 Å². The van der Waals surface area contributed by atoms with Gasteiger partial charge < -0.3 is 19.8 Å². The Morgan fingerprint density at radius 1 is 1.28 bits per heavy atom. The number of carbonyl (C=O) groups is 2. The Morgan fingerprint density at radius 3 is 2.64 bits per heavy atom. The molecule has 7 nitrogen and oxygen atoms in total. The van der Waals surface area contributed by atoms with Gasteiger partial charge in [-0.1, -0.05) is 0 Å². The number of esters is 1. The molecule has 1 aromatic carbocycles. The van der Waals surface area contributed by atoms with Crippen LogP contribution in [0.2, 0.25) is 0 Å². The van der Waals surface area contributed by atoms with Crippen LogP contribution < -0.4 is 10.6 Å². The van der Waals surface area contributed by atoms with E-state index >= 15 is 0 Å². The number of hydrogen-bond donors (Lipinski definition) is 2. The summed E-state index contributed by atoms with van der Waals surface area (Å²) in [5.41, 5.74) is 0.966. The Kier molecular flexibility index (Phi) is 6.37. The zero-order chi connectivity index (χ0) is 18.1. The molecule has 2 rings (SSSR count). The summed E-state index contributed by atoms with van der Waals surface area (Å²) >= 11 is 0. The van der Waals surface area contributed by atoms with Gasteiger partial charge in [-0.05, 0) is 43.3 Å². The van der Waals surface area contributed by atoms with Gasteiger partial charge in [0.25, 0.3) is 5.91 Å². The highest BCUT2D eigenvalue weighted by Crippen LogP contribution is 2.11. The van der Waals surface area contributed by atoms with Gasteiger partial charge in [-0.15, -0.1) is 0 Å². The Balaban J connectivity index is 1.93. The molecule has 0 radical (unpaired) electrons. The van der Waals surface area contributed by atoms with Crippen molar-refractivity contribution in [2.24, 2.45) is 0 Å². The van der Waals surface area contributed by atoms with Crippen LogP contribution >= 0.6 is 0 Å². The van der Waals surface area contributed by atoms with Crippen LogP contribution in [-0.2, 0) is 16.1 Å². The highest BCUT2D eigenvalue weighted by atomic mass is 16.5. The van der Waals surface area contributed by atoms with Gasteiger partial charge in [0.1, 0.15) is 11.8 Å². The second kappa shape index (κ2) is 8.93. The van der Waals surface area contributed by atoms with E-state index in [1.165, 1.54) is 6.20 Å². The molecule has 0 atom stereocenters. The number of nitrogens with one attached hydrogen (secondary N) is 2. The average Bonchev–Trinajstić information content (AvgIpc) is 3.14. The summed E-state index contributed by atoms with van der Waals surface area (Å²) in [5.74, 6) is -0.256. The van der Waals surface area contributed by atoms with E-state index in [1.54, 1.807) is 55.7 Å². The van der Waals surface area contributed by atoms with E-state index in [9.17, 15) is 9.59 Å². The van der Waals surface area contributed by atoms with E-state index in [2.05, 4.69) is 10.6 Å². The molecule has 2 N–H and O–H groups in total. The zero-order valence-corrected chi connectivity index (χ0v) is 13.6. The van der Waals surface area contributed by atoms with Gasteiger partial charge in [-0.2, -0.15) is 5.26 Å². The van der Waals surface area contributed by atoms with E-state index in [-0.39, 0.29) is 18.1 Å². The first kappa shape index (κ1) is 17.8. The fourth-order valence-electron chi connectivity index (χ4n) is 1.90. The molecular weight excluding hydrogens is 322 g/mol. The lowest BCUT2D eigenvalue weighted by molar-refractivity contribution is -0.138. The number of nitrogens with zero attached hydrogens (tertiary/aromatic N) is 1. The fourth-order valence-corrected chi connectivity index (χ4v) is 1.90. The number of furan rings is 1. The third-order valence-electron chi connectivity index (χ3n) is 3.15. The van der Waals surface area contributed by atoms with Crippen molar-refractivity contribution in [3.05, 3.63) is 65.8 Å². The van der Waals surface area contributed by atoms with Crippen LogP contribution in [0.3, 0.4) is 0 Å². The third-order valence-corrected chi connectivity index (χ3v) is 3.15. The Bertz CT molecular complexity index is 787. The molecule has 0 fully saturated rings. The van der Waals surface area contributed by atoms with Crippen LogP contribution in [0, 0.1) is 11.3 Å². The largest absolute Gasteiger partial charge is 0.467 e. The first-order valence-corrected chi connectivity index (χ1v) is 7.58. The van der Waals surface area contributed by atoms with Gasteiger partial charge in [0.15, 0.2) is 5.57 Å². The van der Waals surface area contributed by atoms with E-state index < -0.39 is 5.97 Å². The molecule has 7 heteroatoms. The zero-order valence-electron chi connectivity index (χ0n) is 13.6. The van der Waals surface area contributed by atoms with Crippen LogP contribution in [0.1, 0.15) is 23.0 Å². The molecule has 0 aliphatic carbocycles. The summed E-state index contributed by atoms with van der Waals surface area (Å²) in [5, 5.41) is 14.5. The molecule has 0 aliphatic rings. The molecule has 128 valence electrons. The molecule has 0 spiro atoms. The van der Waals surface area contributed by atoms with Crippen molar-refractivity contribution in [2.75, 3.05) is 11.9 Å². The van der Waals surface area contributed by atoms with Gasteiger partial charge in [-0.25, -0.2) is 4.79 Å². The Hall–Kier alpha value is -3.53. The molecule has 0 unspecified atom stereocenters.